The highest BCUT2D eigenvalue weighted by atomic mass is 15.0. The number of hydrogen-bond acceptors (Lipinski definition) is 0. The second-order valence-electron chi connectivity index (χ2n) is 22.5. The van der Waals surface area contributed by atoms with Gasteiger partial charge < -0.3 is 9.13 Å². The third-order valence-electron chi connectivity index (χ3n) is 17.3. The predicted octanol–water partition coefficient (Wildman–Crippen LogP) is 20.9. The summed E-state index contributed by atoms with van der Waals surface area (Å²) in [7, 11) is 0. The van der Waals surface area contributed by atoms with Crippen LogP contribution in [0.25, 0.3) is 86.7 Å². The first-order valence-corrected chi connectivity index (χ1v) is 29.7. The molecule has 2 heteroatoms. The molecule has 0 bridgehead atoms. The zero-order valence-electron chi connectivity index (χ0n) is 45.6. The lowest BCUT2D eigenvalue weighted by molar-refractivity contribution is 0.667. The predicted molar refractivity (Wildman–Crippen MR) is 325 cm³/mol. The summed E-state index contributed by atoms with van der Waals surface area (Å²) >= 11 is 0. The number of unbranched alkanes of at least 4 members (excludes halogenated alkanes) is 12. The molecule has 0 fully saturated rings. The van der Waals surface area contributed by atoms with Crippen LogP contribution in [0.1, 0.15) is 164 Å². The van der Waals surface area contributed by atoms with Crippen LogP contribution in [0.4, 0.5) is 0 Å². The third kappa shape index (κ3) is 10.1. The zero-order valence-corrected chi connectivity index (χ0v) is 45.6. The fraction of sp³-hybridized carbons (Fsp3) is 0.389. The Hall–Kier alpha value is -6.12. The SMILES string of the molecule is CCCCCCc1ccc2c(c1)c1cc(CCCCCC)ccc1n2CCc1cc2cccc3c4cccc5cccc(c(c1CCn1c6ccc(CCCCCC)cc6c6cc(CCCCCC)ccc61)c23)c54. The quantitative estimate of drug-likeness (QED) is 0.0291. The molecule has 0 N–H and O–H groups in total. The topological polar surface area (TPSA) is 9.86 Å². The number of rotatable bonds is 26. The lowest BCUT2D eigenvalue weighted by atomic mass is 9.84. The van der Waals surface area contributed by atoms with Crippen LogP contribution in [-0.2, 0) is 51.6 Å². The number of benzene rings is 9. The van der Waals surface area contributed by atoms with Crippen molar-refractivity contribution in [3.8, 4) is 0 Å². The Morgan fingerprint density at radius 3 is 1.08 bits per heavy atom. The smallest absolute Gasteiger partial charge is 0.0491 e. The molecule has 0 unspecified atom stereocenters. The van der Waals surface area contributed by atoms with Gasteiger partial charge in [0.15, 0.2) is 0 Å². The monoisotopic (exact) mass is 975 g/mol. The molecule has 0 saturated heterocycles. The Bertz CT molecular complexity index is 3540. The number of hydrogen-bond donors (Lipinski definition) is 0. The van der Waals surface area contributed by atoms with Crippen molar-refractivity contribution in [2.24, 2.45) is 0 Å². The van der Waals surface area contributed by atoms with Gasteiger partial charge in [-0.05, 0) is 189 Å². The molecule has 0 aliphatic rings. The van der Waals surface area contributed by atoms with E-state index in [0.717, 1.165) is 51.6 Å². The first-order chi connectivity index (χ1) is 36.6. The molecule has 0 aliphatic carbocycles. The Balaban J connectivity index is 1.03. The lowest BCUT2D eigenvalue weighted by Gasteiger charge is -2.21. The molecule has 380 valence electrons. The van der Waals surface area contributed by atoms with E-state index >= 15 is 0 Å². The van der Waals surface area contributed by atoms with Crippen molar-refractivity contribution in [3.63, 3.8) is 0 Å². The molecule has 0 saturated carbocycles. The first-order valence-electron chi connectivity index (χ1n) is 29.7. The summed E-state index contributed by atoms with van der Waals surface area (Å²) in [5.74, 6) is 0. The van der Waals surface area contributed by atoms with E-state index in [4.69, 9.17) is 0 Å². The van der Waals surface area contributed by atoms with Gasteiger partial charge in [0.25, 0.3) is 0 Å². The number of aromatic nitrogens is 2. The fourth-order valence-corrected chi connectivity index (χ4v) is 13.3. The van der Waals surface area contributed by atoms with Gasteiger partial charge in [0, 0.05) is 56.7 Å². The van der Waals surface area contributed by atoms with Crippen molar-refractivity contribution in [1.82, 2.24) is 9.13 Å². The van der Waals surface area contributed by atoms with Crippen molar-refractivity contribution >= 4 is 86.7 Å². The maximum atomic E-state index is 2.70. The van der Waals surface area contributed by atoms with Crippen molar-refractivity contribution in [2.45, 2.75) is 182 Å². The van der Waals surface area contributed by atoms with Crippen LogP contribution < -0.4 is 0 Å². The molecular weight excluding hydrogens is 893 g/mol. The molecule has 11 aromatic rings. The summed E-state index contributed by atoms with van der Waals surface area (Å²) in [6.07, 6.45) is 27.3. The molecule has 0 aliphatic heterocycles. The molecule has 9 aromatic carbocycles. The zero-order chi connectivity index (χ0) is 50.4. The van der Waals surface area contributed by atoms with Gasteiger partial charge in [-0.25, -0.2) is 0 Å². The van der Waals surface area contributed by atoms with Crippen molar-refractivity contribution in [2.75, 3.05) is 0 Å². The highest BCUT2D eigenvalue weighted by molar-refractivity contribution is 6.33. The number of aryl methyl sites for hydroxylation is 8. The fourth-order valence-electron chi connectivity index (χ4n) is 13.3. The average Bonchev–Trinajstić information content (AvgIpc) is 3.91. The van der Waals surface area contributed by atoms with Crippen LogP contribution in [0.2, 0.25) is 0 Å². The first kappa shape index (κ1) is 50.1. The van der Waals surface area contributed by atoms with Gasteiger partial charge in [-0.2, -0.15) is 0 Å². The standard InChI is InChI=1S/C72H82N2/c1-5-9-13-17-24-51-34-38-66-62(46-51)63-47-52(25-18-14-10-6-2)35-39-67(63)73(66)44-42-56-50-57-30-23-32-60-59-31-21-28-55-29-22-33-61(70(55)59)72(71(57)60)58(56)43-45-74-68-40-36-53(26-19-15-11-7-3)48-64(68)65-49-54(37-41-69(65)74)27-20-16-12-8-4/h21-23,28-41,46-50H,5-20,24-27,42-45H2,1-4H3. The molecule has 74 heavy (non-hydrogen) atoms. The summed E-state index contributed by atoms with van der Waals surface area (Å²) in [6.45, 7) is 11.1. The van der Waals surface area contributed by atoms with Crippen LogP contribution >= 0.6 is 0 Å². The molecular formula is C72H82N2. The number of fused-ring (bicyclic) bond motifs is 8. The van der Waals surface area contributed by atoms with E-state index in [-0.39, 0.29) is 0 Å². The van der Waals surface area contributed by atoms with Gasteiger partial charge in [-0.1, -0.05) is 190 Å². The summed E-state index contributed by atoms with van der Waals surface area (Å²) in [5.41, 5.74) is 14.5. The summed E-state index contributed by atoms with van der Waals surface area (Å²) in [5, 5.41) is 16.9. The maximum absolute atomic E-state index is 2.70. The minimum absolute atomic E-state index is 0.925. The maximum Gasteiger partial charge on any atom is 0.0491 e. The van der Waals surface area contributed by atoms with Crippen LogP contribution in [0.5, 0.6) is 0 Å². The number of nitrogens with zero attached hydrogens (tertiary/aromatic N) is 2. The highest BCUT2D eigenvalue weighted by Crippen LogP contribution is 2.44. The molecule has 0 spiro atoms. The molecule has 2 heterocycles. The molecule has 0 atom stereocenters. The van der Waals surface area contributed by atoms with E-state index in [1.807, 2.05) is 0 Å². The van der Waals surface area contributed by atoms with Gasteiger partial charge >= 0.3 is 0 Å². The Labute approximate surface area is 442 Å². The molecule has 0 amide bonds. The second kappa shape index (κ2) is 23.2. The Morgan fingerprint density at radius 2 is 0.662 bits per heavy atom. The summed E-state index contributed by atoms with van der Waals surface area (Å²) in [4.78, 5) is 0. The van der Waals surface area contributed by atoms with E-state index in [9.17, 15) is 0 Å². The molecule has 0 radical (unpaired) electrons. The van der Waals surface area contributed by atoms with Gasteiger partial charge in [-0.15, -0.1) is 0 Å². The molecule has 11 rings (SSSR count). The molecule has 2 aromatic heterocycles. The van der Waals surface area contributed by atoms with E-state index in [1.165, 1.54) is 223 Å². The average molecular weight is 975 g/mol. The van der Waals surface area contributed by atoms with Gasteiger partial charge in [0.05, 0.1) is 0 Å². The van der Waals surface area contributed by atoms with E-state index < -0.39 is 0 Å². The van der Waals surface area contributed by atoms with Crippen LogP contribution in [0, 0.1) is 0 Å². The largest absolute Gasteiger partial charge is 0.340 e. The van der Waals surface area contributed by atoms with E-state index in [0.29, 0.717) is 0 Å². The van der Waals surface area contributed by atoms with Gasteiger partial charge in [0.2, 0.25) is 0 Å². The summed E-state index contributed by atoms with van der Waals surface area (Å²) < 4.78 is 5.38. The molecule has 2 nitrogen and oxygen atoms in total. The second-order valence-corrected chi connectivity index (χ2v) is 22.5. The van der Waals surface area contributed by atoms with E-state index in [2.05, 4.69) is 170 Å². The van der Waals surface area contributed by atoms with Crippen molar-refractivity contribution in [1.29, 1.82) is 0 Å². The minimum atomic E-state index is 0.925. The van der Waals surface area contributed by atoms with Crippen LogP contribution in [-0.4, -0.2) is 9.13 Å². The third-order valence-corrected chi connectivity index (χ3v) is 17.3. The van der Waals surface area contributed by atoms with Crippen molar-refractivity contribution < 1.29 is 0 Å². The van der Waals surface area contributed by atoms with Crippen molar-refractivity contribution in [3.05, 3.63) is 167 Å². The van der Waals surface area contributed by atoms with E-state index in [1.54, 1.807) is 0 Å². The minimum Gasteiger partial charge on any atom is -0.340 e. The van der Waals surface area contributed by atoms with Crippen LogP contribution in [0.15, 0.2) is 133 Å². The summed E-state index contributed by atoms with van der Waals surface area (Å²) in [6, 6.07) is 53.6. The van der Waals surface area contributed by atoms with Crippen LogP contribution in [0.3, 0.4) is 0 Å². The normalized spacial score (nSPS) is 12.3. The lowest BCUT2D eigenvalue weighted by Crippen LogP contribution is -2.08. The van der Waals surface area contributed by atoms with Gasteiger partial charge in [-0.3, -0.25) is 0 Å². The Morgan fingerprint density at radius 1 is 0.284 bits per heavy atom. The highest BCUT2D eigenvalue weighted by Gasteiger charge is 2.21. The Kier molecular flexibility index (Phi) is 15.7. The van der Waals surface area contributed by atoms with Gasteiger partial charge in [0.1, 0.15) is 0 Å².